The van der Waals surface area contributed by atoms with Crippen molar-refractivity contribution >= 4 is 22.5 Å². The van der Waals surface area contributed by atoms with E-state index in [1.54, 1.807) is 6.20 Å². The number of rotatable bonds is 1. The van der Waals surface area contributed by atoms with Crippen molar-refractivity contribution in [3.8, 4) is 0 Å². The van der Waals surface area contributed by atoms with Crippen molar-refractivity contribution in [1.29, 1.82) is 0 Å². The highest BCUT2D eigenvalue weighted by Gasteiger charge is 2.14. The van der Waals surface area contributed by atoms with Crippen LogP contribution in [-0.2, 0) is 0 Å². The normalized spacial score (nSPS) is 17.3. The molecule has 1 aliphatic rings. The zero-order valence-corrected chi connectivity index (χ0v) is 10.5. The van der Waals surface area contributed by atoms with Crippen molar-refractivity contribution < 1.29 is 0 Å². The Balaban J connectivity index is 1.92. The number of nitrogen functional groups attached to an aromatic ring is 1. The minimum atomic E-state index is 0.332. The first-order valence-corrected chi connectivity index (χ1v) is 6.18. The Morgan fingerprint density at radius 1 is 1.17 bits per heavy atom. The van der Waals surface area contributed by atoms with Gasteiger partial charge in [0.1, 0.15) is 0 Å². The Kier molecular flexibility index (Phi) is 2.76. The lowest BCUT2D eigenvalue weighted by molar-refractivity contribution is 0.313. The third-order valence-electron chi connectivity index (χ3n) is 3.45. The van der Waals surface area contributed by atoms with Crippen molar-refractivity contribution in [1.82, 2.24) is 14.9 Å². The van der Waals surface area contributed by atoms with Gasteiger partial charge in [-0.1, -0.05) is 0 Å². The lowest BCUT2D eigenvalue weighted by atomic mass is 10.2. The fraction of sp³-hybridized carbons (Fsp3) is 0.385. The van der Waals surface area contributed by atoms with Crippen LogP contribution in [0.5, 0.6) is 0 Å². The summed E-state index contributed by atoms with van der Waals surface area (Å²) in [5, 5.41) is 1.03. The van der Waals surface area contributed by atoms with Gasteiger partial charge in [-0.2, -0.15) is 0 Å². The molecule has 5 nitrogen and oxygen atoms in total. The highest BCUT2D eigenvalue weighted by Crippen LogP contribution is 2.21. The van der Waals surface area contributed by atoms with E-state index < -0.39 is 0 Å². The van der Waals surface area contributed by atoms with Crippen molar-refractivity contribution in [2.75, 3.05) is 43.9 Å². The number of fused-ring (bicyclic) bond motifs is 1. The first-order chi connectivity index (χ1) is 8.72. The monoisotopic (exact) mass is 243 g/mol. The van der Waals surface area contributed by atoms with Crippen molar-refractivity contribution in [3.05, 3.63) is 24.4 Å². The number of anilines is 2. The number of likely N-dealkylation sites (N-methyl/N-ethyl adjacent to an activating group) is 1. The molecule has 2 N–H and O–H groups in total. The van der Waals surface area contributed by atoms with Gasteiger partial charge < -0.3 is 15.5 Å². The number of nitrogens with two attached hydrogens (primary N) is 1. The molecule has 1 fully saturated rings. The number of piperazine rings is 1. The molecule has 5 heteroatoms. The van der Waals surface area contributed by atoms with Gasteiger partial charge in [-0.25, -0.2) is 9.97 Å². The Bertz CT molecular complexity index is 560. The summed E-state index contributed by atoms with van der Waals surface area (Å²) in [6.07, 6.45) is 1.77. The summed E-state index contributed by atoms with van der Waals surface area (Å²) in [5.41, 5.74) is 7.76. The van der Waals surface area contributed by atoms with E-state index in [0.717, 1.165) is 37.1 Å². The van der Waals surface area contributed by atoms with Crippen molar-refractivity contribution in [3.63, 3.8) is 0 Å². The second-order valence-corrected chi connectivity index (χ2v) is 4.76. The smallest absolute Gasteiger partial charge is 0.220 e. The standard InChI is InChI=1S/C13H17N5/c1-17-4-6-18(7-5-17)11-3-2-10-9-15-13(14)16-12(10)8-11/h2-3,8-9H,4-7H2,1H3,(H2,14,15,16). The lowest BCUT2D eigenvalue weighted by Crippen LogP contribution is -2.44. The van der Waals surface area contributed by atoms with Gasteiger partial charge in [0.2, 0.25) is 5.95 Å². The van der Waals surface area contributed by atoms with Gasteiger partial charge in [0.05, 0.1) is 5.52 Å². The maximum atomic E-state index is 5.63. The average molecular weight is 243 g/mol. The van der Waals surface area contributed by atoms with Crippen molar-refractivity contribution in [2.45, 2.75) is 0 Å². The molecule has 0 saturated carbocycles. The third kappa shape index (κ3) is 2.09. The van der Waals surface area contributed by atoms with Crippen LogP contribution >= 0.6 is 0 Å². The first kappa shape index (κ1) is 11.2. The van der Waals surface area contributed by atoms with Gasteiger partial charge >= 0.3 is 0 Å². The SMILES string of the molecule is CN1CCN(c2ccc3cnc(N)nc3c2)CC1. The predicted octanol–water partition coefficient (Wildman–Crippen LogP) is 0.964. The van der Waals surface area contributed by atoms with Gasteiger partial charge in [0, 0.05) is 43.4 Å². The molecule has 2 aromatic rings. The van der Waals surface area contributed by atoms with E-state index in [0.29, 0.717) is 5.95 Å². The zero-order valence-electron chi connectivity index (χ0n) is 10.5. The molecule has 94 valence electrons. The molecular weight excluding hydrogens is 226 g/mol. The maximum absolute atomic E-state index is 5.63. The van der Waals surface area contributed by atoms with E-state index in [2.05, 4.69) is 45.0 Å². The van der Waals surface area contributed by atoms with E-state index in [1.807, 2.05) is 0 Å². The predicted molar refractivity (Wildman–Crippen MR) is 73.7 cm³/mol. The Labute approximate surface area is 106 Å². The Hall–Kier alpha value is -1.88. The molecule has 0 unspecified atom stereocenters. The van der Waals surface area contributed by atoms with Crippen LogP contribution < -0.4 is 10.6 Å². The van der Waals surface area contributed by atoms with Gasteiger partial charge in [0.25, 0.3) is 0 Å². The molecular formula is C13H17N5. The van der Waals surface area contributed by atoms with Crippen LogP contribution in [-0.4, -0.2) is 48.1 Å². The van der Waals surface area contributed by atoms with E-state index in [4.69, 9.17) is 5.73 Å². The van der Waals surface area contributed by atoms with E-state index in [-0.39, 0.29) is 0 Å². The van der Waals surface area contributed by atoms with Crippen LogP contribution in [0, 0.1) is 0 Å². The molecule has 1 saturated heterocycles. The van der Waals surface area contributed by atoms with Gasteiger partial charge in [-0.15, -0.1) is 0 Å². The second-order valence-electron chi connectivity index (χ2n) is 4.76. The largest absolute Gasteiger partial charge is 0.369 e. The summed E-state index contributed by atoms with van der Waals surface area (Å²) in [5.74, 6) is 0.332. The molecule has 0 atom stereocenters. The molecule has 3 rings (SSSR count). The second kappa shape index (κ2) is 4.42. The Morgan fingerprint density at radius 2 is 1.94 bits per heavy atom. The number of nitrogens with zero attached hydrogens (tertiary/aromatic N) is 4. The fourth-order valence-electron chi connectivity index (χ4n) is 2.29. The molecule has 0 spiro atoms. The number of hydrogen-bond acceptors (Lipinski definition) is 5. The maximum Gasteiger partial charge on any atom is 0.220 e. The highest BCUT2D eigenvalue weighted by atomic mass is 15.2. The summed E-state index contributed by atoms with van der Waals surface area (Å²) in [6, 6.07) is 6.29. The van der Waals surface area contributed by atoms with E-state index >= 15 is 0 Å². The first-order valence-electron chi connectivity index (χ1n) is 6.18. The lowest BCUT2D eigenvalue weighted by Gasteiger charge is -2.34. The molecule has 0 aliphatic carbocycles. The Morgan fingerprint density at radius 3 is 2.72 bits per heavy atom. The zero-order chi connectivity index (χ0) is 12.5. The number of aromatic nitrogens is 2. The summed E-state index contributed by atoms with van der Waals surface area (Å²) in [6.45, 7) is 4.32. The van der Waals surface area contributed by atoms with Crippen LogP contribution in [0.1, 0.15) is 0 Å². The quantitative estimate of drug-likeness (QED) is 0.808. The molecule has 2 heterocycles. The fourth-order valence-corrected chi connectivity index (χ4v) is 2.29. The summed E-state index contributed by atoms with van der Waals surface area (Å²) in [7, 11) is 2.16. The average Bonchev–Trinajstić information content (AvgIpc) is 2.38. The number of hydrogen-bond donors (Lipinski definition) is 1. The van der Waals surface area contributed by atoms with Crippen LogP contribution in [0.3, 0.4) is 0 Å². The van der Waals surface area contributed by atoms with Crippen molar-refractivity contribution in [2.24, 2.45) is 0 Å². The highest BCUT2D eigenvalue weighted by molar-refractivity contribution is 5.82. The van der Waals surface area contributed by atoms with Crippen LogP contribution in [0.25, 0.3) is 10.9 Å². The summed E-state index contributed by atoms with van der Waals surface area (Å²) >= 11 is 0. The van der Waals surface area contributed by atoms with Crippen LogP contribution in [0.4, 0.5) is 11.6 Å². The minimum absolute atomic E-state index is 0.332. The molecule has 1 aliphatic heterocycles. The molecule has 0 amide bonds. The molecule has 0 bridgehead atoms. The summed E-state index contributed by atoms with van der Waals surface area (Å²) < 4.78 is 0. The van der Waals surface area contributed by atoms with Gasteiger partial charge in [-0.05, 0) is 25.2 Å². The van der Waals surface area contributed by atoms with Crippen LogP contribution in [0.2, 0.25) is 0 Å². The number of benzene rings is 1. The molecule has 1 aromatic carbocycles. The van der Waals surface area contributed by atoms with Gasteiger partial charge in [0.15, 0.2) is 0 Å². The van der Waals surface area contributed by atoms with E-state index in [1.165, 1.54) is 5.69 Å². The van der Waals surface area contributed by atoms with Gasteiger partial charge in [-0.3, -0.25) is 0 Å². The minimum Gasteiger partial charge on any atom is -0.369 e. The molecule has 18 heavy (non-hydrogen) atoms. The summed E-state index contributed by atoms with van der Waals surface area (Å²) in [4.78, 5) is 13.0. The van der Waals surface area contributed by atoms with Crippen LogP contribution in [0.15, 0.2) is 24.4 Å². The topological polar surface area (TPSA) is 58.3 Å². The third-order valence-corrected chi connectivity index (χ3v) is 3.45. The van der Waals surface area contributed by atoms with E-state index in [9.17, 15) is 0 Å². The molecule has 0 radical (unpaired) electrons. The molecule has 1 aromatic heterocycles.